The molecule has 1 aliphatic rings. The Kier molecular flexibility index (Phi) is 5.13. The van der Waals surface area contributed by atoms with Gasteiger partial charge in [-0.2, -0.15) is 9.61 Å². The average Bonchev–Trinajstić information content (AvgIpc) is 3.32. The lowest BCUT2D eigenvalue weighted by Gasteiger charge is -2.49. The molecule has 0 radical (unpaired) electrons. The van der Waals surface area contributed by atoms with Crippen molar-refractivity contribution in [2.45, 2.75) is 37.8 Å². The molecule has 0 unspecified atom stereocenters. The van der Waals surface area contributed by atoms with Gasteiger partial charge in [-0.1, -0.05) is 54.6 Å². The summed E-state index contributed by atoms with van der Waals surface area (Å²) in [7, 11) is 0. The molecule has 8 heteroatoms. The fourth-order valence-electron chi connectivity index (χ4n) is 6.03. The molecular weight excluding hydrogens is 486 g/mol. The van der Waals surface area contributed by atoms with Crippen LogP contribution in [-0.4, -0.2) is 40.3 Å². The number of fused-ring (bicyclic) bond motifs is 3. The minimum absolute atomic E-state index is 0.530. The van der Waals surface area contributed by atoms with Crippen molar-refractivity contribution in [2.24, 2.45) is 5.73 Å². The van der Waals surface area contributed by atoms with E-state index in [4.69, 9.17) is 20.8 Å². The minimum atomic E-state index is -0.720. The highest BCUT2D eigenvalue weighted by Crippen LogP contribution is 2.47. The van der Waals surface area contributed by atoms with E-state index >= 15 is 0 Å². The van der Waals surface area contributed by atoms with Gasteiger partial charge in [0.15, 0.2) is 11.3 Å². The van der Waals surface area contributed by atoms with E-state index in [2.05, 4.69) is 46.4 Å². The maximum absolute atomic E-state index is 10.3. The molecule has 0 saturated heterocycles. The normalized spacial score (nSPS) is 20.8. The van der Waals surface area contributed by atoms with Gasteiger partial charge in [0.1, 0.15) is 6.33 Å². The molecule has 2 aromatic carbocycles. The Morgan fingerprint density at radius 1 is 0.872 bits per heavy atom. The monoisotopic (exact) mass is 513 g/mol. The van der Waals surface area contributed by atoms with Crippen LogP contribution in [0, 0.1) is 6.92 Å². The molecule has 192 valence electrons. The zero-order valence-electron chi connectivity index (χ0n) is 21.7. The largest absolute Gasteiger partial charge is 0.390 e. The number of nitrogens with zero attached hydrogens (tertiary/aromatic N) is 6. The Morgan fingerprint density at radius 3 is 2.28 bits per heavy atom. The SMILES string of the molecule is Cc1cc2ncc3c(-c4cncnc4)c(-c4ccccc4)c(-c4ccc(C5(N)CC(C)(O)C5)cc4)nc3n2n1. The summed E-state index contributed by atoms with van der Waals surface area (Å²) in [5.41, 5.74) is 14.2. The number of rotatable bonds is 4. The first-order valence-electron chi connectivity index (χ1n) is 12.9. The predicted octanol–water partition coefficient (Wildman–Crippen LogP) is 5.08. The summed E-state index contributed by atoms with van der Waals surface area (Å²) >= 11 is 0. The quantitative estimate of drug-likeness (QED) is 0.338. The number of aryl methyl sites for hydroxylation is 1. The second kappa shape index (κ2) is 8.49. The average molecular weight is 514 g/mol. The molecule has 7 rings (SSSR count). The van der Waals surface area contributed by atoms with E-state index in [0.717, 1.165) is 55.8 Å². The van der Waals surface area contributed by atoms with E-state index < -0.39 is 11.1 Å². The van der Waals surface area contributed by atoms with Crippen LogP contribution in [0.5, 0.6) is 0 Å². The van der Waals surface area contributed by atoms with Crippen LogP contribution in [-0.2, 0) is 5.54 Å². The molecule has 4 heterocycles. The fourth-order valence-corrected chi connectivity index (χ4v) is 6.03. The molecule has 0 bridgehead atoms. The van der Waals surface area contributed by atoms with E-state index in [9.17, 15) is 5.11 Å². The topological polar surface area (TPSA) is 115 Å². The van der Waals surface area contributed by atoms with Gasteiger partial charge >= 0.3 is 0 Å². The first-order valence-corrected chi connectivity index (χ1v) is 12.9. The third-order valence-corrected chi connectivity index (χ3v) is 7.59. The number of aliphatic hydroxyl groups is 1. The summed E-state index contributed by atoms with van der Waals surface area (Å²) in [4.78, 5) is 18.6. The molecule has 4 aromatic heterocycles. The van der Waals surface area contributed by atoms with E-state index in [1.165, 1.54) is 6.33 Å². The first-order chi connectivity index (χ1) is 18.8. The summed E-state index contributed by atoms with van der Waals surface area (Å²) in [5.74, 6) is 0. The molecule has 0 aliphatic heterocycles. The molecule has 0 spiro atoms. The Hall–Kier alpha value is -4.53. The molecule has 0 atom stereocenters. The van der Waals surface area contributed by atoms with Crippen LogP contribution >= 0.6 is 0 Å². The molecule has 6 aromatic rings. The molecule has 1 fully saturated rings. The molecule has 1 aliphatic carbocycles. The lowest BCUT2D eigenvalue weighted by Crippen LogP contribution is -2.58. The van der Waals surface area contributed by atoms with Gasteiger partial charge in [-0.05, 0) is 37.8 Å². The smallest absolute Gasteiger partial charge is 0.165 e. The summed E-state index contributed by atoms with van der Waals surface area (Å²) in [6, 6.07) is 20.4. The molecule has 39 heavy (non-hydrogen) atoms. The van der Waals surface area contributed by atoms with Crippen LogP contribution in [0.25, 0.3) is 50.2 Å². The molecule has 0 amide bonds. The van der Waals surface area contributed by atoms with Crippen molar-refractivity contribution in [1.82, 2.24) is 29.5 Å². The van der Waals surface area contributed by atoms with Crippen molar-refractivity contribution in [3.8, 4) is 33.5 Å². The van der Waals surface area contributed by atoms with Gasteiger partial charge in [0, 0.05) is 57.8 Å². The summed E-state index contributed by atoms with van der Waals surface area (Å²) in [6.07, 6.45) is 8.10. The predicted molar refractivity (Wildman–Crippen MR) is 151 cm³/mol. The number of aromatic nitrogens is 6. The van der Waals surface area contributed by atoms with Gasteiger partial charge in [0.05, 0.1) is 17.0 Å². The Morgan fingerprint density at radius 2 is 1.59 bits per heavy atom. The number of pyridine rings is 1. The van der Waals surface area contributed by atoms with Crippen LogP contribution in [0.3, 0.4) is 0 Å². The van der Waals surface area contributed by atoms with Gasteiger partial charge in [0.25, 0.3) is 0 Å². The number of hydrogen-bond donors (Lipinski definition) is 2. The molecular formula is C31H27N7O. The van der Waals surface area contributed by atoms with Crippen molar-refractivity contribution < 1.29 is 5.11 Å². The summed E-state index contributed by atoms with van der Waals surface area (Å²) in [5, 5.41) is 15.9. The van der Waals surface area contributed by atoms with Gasteiger partial charge in [-0.25, -0.2) is 19.9 Å². The second-order valence-electron chi connectivity index (χ2n) is 10.8. The highest BCUT2D eigenvalue weighted by Gasteiger charge is 2.49. The number of benzene rings is 2. The second-order valence-corrected chi connectivity index (χ2v) is 10.8. The zero-order chi connectivity index (χ0) is 26.8. The third kappa shape index (κ3) is 3.88. The van der Waals surface area contributed by atoms with E-state index in [-0.39, 0.29) is 0 Å². The van der Waals surface area contributed by atoms with Crippen LogP contribution < -0.4 is 5.73 Å². The van der Waals surface area contributed by atoms with E-state index in [1.807, 2.05) is 56.7 Å². The van der Waals surface area contributed by atoms with Crippen LogP contribution in [0.1, 0.15) is 31.0 Å². The fraction of sp³-hybridized carbons (Fsp3) is 0.194. The van der Waals surface area contributed by atoms with Crippen molar-refractivity contribution >= 4 is 16.7 Å². The van der Waals surface area contributed by atoms with Crippen molar-refractivity contribution in [3.63, 3.8) is 0 Å². The van der Waals surface area contributed by atoms with Crippen molar-refractivity contribution in [3.05, 3.63) is 96.8 Å². The Bertz CT molecular complexity index is 1840. The van der Waals surface area contributed by atoms with Crippen molar-refractivity contribution in [1.29, 1.82) is 0 Å². The maximum Gasteiger partial charge on any atom is 0.165 e. The van der Waals surface area contributed by atoms with Gasteiger partial charge in [-0.3, -0.25) is 0 Å². The highest BCUT2D eigenvalue weighted by molar-refractivity contribution is 6.06. The van der Waals surface area contributed by atoms with Crippen molar-refractivity contribution in [2.75, 3.05) is 0 Å². The van der Waals surface area contributed by atoms with E-state index in [0.29, 0.717) is 18.5 Å². The summed E-state index contributed by atoms with van der Waals surface area (Å²) in [6.45, 7) is 3.78. The number of hydrogen-bond acceptors (Lipinski definition) is 7. The van der Waals surface area contributed by atoms with Crippen LogP contribution in [0.15, 0.2) is 85.6 Å². The zero-order valence-corrected chi connectivity index (χ0v) is 21.7. The highest BCUT2D eigenvalue weighted by atomic mass is 16.3. The molecule has 8 nitrogen and oxygen atoms in total. The minimum Gasteiger partial charge on any atom is -0.390 e. The third-order valence-electron chi connectivity index (χ3n) is 7.59. The van der Waals surface area contributed by atoms with Gasteiger partial charge in [0.2, 0.25) is 0 Å². The summed E-state index contributed by atoms with van der Waals surface area (Å²) < 4.78 is 1.80. The molecule has 1 saturated carbocycles. The number of nitrogens with two attached hydrogens (primary N) is 1. The van der Waals surface area contributed by atoms with Crippen LogP contribution in [0.4, 0.5) is 0 Å². The lowest BCUT2D eigenvalue weighted by molar-refractivity contribution is -0.0738. The van der Waals surface area contributed by atoms with Gasteiger partial charge in [-0.15, -0.1) is 0 Å². The van der Waals surface area contributed by atoms with E-state index in [1.54, 1.807) is 4.52 Å². The van der Waals surface area contributed by atoms with Crippen LogP contribution in [0.2, 0.25) is 0 Å². The van der Waals surface area contributed by atoms with Gasteiger partial charge < -0.3 is 10.8 Å². The maximum atomic E-state index is 10.3. The first kappa shape index (κ1) is 23.6. The lowest BCUT2D eigenvalue weighted by atomic mass is 9.63. The molecule has 3 N–H and O–H groups in total. The Labute approximate surface area is 225 Å². The Balaban J connectivity index is 1.54. The standard InChI is InChI=1S/C31H27N7O/c1-19-12-25-35-15-24-26(22-13-33-18-34-14-22)27(20-6-4-3-5-7-20)28(36-29(24)38(25)37-19)21-8-10-23(11-9-21)31(32)16-30(2,39)17-31/h3-15,18,39H,16-17,32H2,1-2H3.